The van der Waals surface area contributed by atoms with Crippen molar-refractivity contribution in [2.75, 3.05) is 37.8 Å². The number of aliphatic hydroxyl groups excluding tert-OH is 1. The van der Waals surface area contributed by atoms with Crippen molar-refractivity contribution in [3.63, 3.8) is 0 Å². The third-order valence-electron chi connectivity index (χ3n) is 9.45. The van der Waals surface area contributed by atoms with Crippen LogP contribution in [0.2, 0.25) is 0 Å². The molecule has 4 aromatic heterocycles. The van der Waals surface area contributed by atoms with Gasteiger partial charge >= 0.3 is 0 Å². The van der Waals surface area contributed by atoms with Crippen molar-refractivity contribution in [3.05, 3.63) is 33.5 Å². The molecule has 0 saturated carbocycles. The molecule has 11 nitrogen and oxygen atoms in total. The quantitative estimate of drug-likeness (QED) is 0.308. The molecule has 3 atom stereocenters. The van der Waals surface area contributed by atoms with Gasteiger partial charge in [-0.05, 0) is 77.4 Å². The van der Waals surface area contributed by atoms with E-state index in [1.807, 2.05) is 10.9 Å². The molecule has 0 amide bonds. The molecule has 7 rings (SSSR count). The Morgan fingerprint density at radius 2 is 2.12 bits per heavy atom. The minimum Gasteiger partial charge on any atom is -0.395 e. The molecule has 214 valence electrons. The Kier molecular flexibility index (Phi) is 6.48. The zero-order chi connectivity index (χ0) is 28.3. The number of hydrogen-bond donors (Lipinski definition) is 3. The predicted molar refractivity (Wildman–Crippen MR) is 157 cm³/mol. The van der Waals surface area contributed by atoms with E-state index in [1.54, 1.807) is 11.3 Å². The fourth-order valence-corrected chi connectivity index (χ4v) is 8.73. The molecule has 1 aliphatic heterocycles. The van der Waals surface area contributed by atoms with Gasteiger partial charge < -0.3 is 25.6 Å². The molecular weight excluding hydrogens is 538 g/mol. The first-order valence-electron chi connectivity index (χ1n) is 14.6. The van der Waals surface area contributed by atoms with Gasteiger partial charge in [-0.1, -0.05) is 5.16 Å². The summed E-state index contributed by atoms with van der Waals surface area (Å²) in [6.45, 7) is 3.61. The molecule has 0 radical (unpaired) electrons. The third-order valence-corrected chi connectivity index (χ3v) is 10.5. The van der Waals surface area contributed by atoms with Crippen LogP contribution in [-0.2, 0) is 18.3 Å². The van der Waals surface area contributed by atoms with Crippen molar-refractivity contribution in [2.45, 2.75) is 75.8 Å². The summed E-state index contributed by atoms with van der Waals surface area (Å²) in [5.74, 6) is 1.93. The molecule has 1 fully saturated rings. The van der Waals surface area contributed by atoms with E-state index in [2.05, 4.69) is 35.4 Å². The van der Waals surface area contributed by atoms with Crippen molar-refractivity contribution in [1.29, 1.82) is 5.26 Å². The highest BCUT2D eigenvalue weighted by molar-refractivity contribution is 7.16. The van der Waals surface area contributed by atoms with Crippen molar-refractivity contribution < 1.29 is 9.63 Å². The molecule has 0 bridgehead atoms. The van der Waals surface area contributed by atoms with Gasteiger partial charge in [0.25, 0.3) is 0 Å². The zero-order valence-corrected chi connectivity index (χ0v) is 24.3. The van der Waals surface area contributed by atoms with Crippen LogP contribution in [0, 0.1) is 11.3 Å². The van der Waals surface area contributed by atoms with Gasteiger partial charge in [-0.25, -0.2) is 14.6 Å². The highest BCUT2D eigenvalue weighted by atomic mass is 32.1. The maximum Gasteiger partial charge on any atom is 0.186 e. The van der Waals surface area contributed by atoms with Gasteiger partial charge in [0.2, 0.25) is 0 Å². The number of aliphatic hydroxyl groups is 1. The normalized spacial score (nSPS) is 23.0. The number of anilines is 2. The highest BCUT2D eigenvalue weighted by Gasteiger charge is 2.49. The number of rotatable bonds is 6. The Morgan fingerprint density at radius 3 is 2.88 bits per heavy atom. The van der Waals surface area contributed by atoms with E-state index in [0.717, 1.165) is 79.4 Å². The first kappa shape index (κ1) is 26.4. The number of nitrogen functional groups attached to an aromatic ring is 1. The number of fused-ring (bicyclic) bond motifs is 5. The van der Waals surface area contributed by atoms with E-state index < -0.39 is 5.41 Å². The minimum absolute atomic E-state index is 0.0204. The molecule has 5 heterocycles. The van der Waals surface area contributed by atoms with E-state index in [-0.39, 0.29) is 12.6 Å². The minimum atomic E-state index is -0.406. The highest BCUT2D eigenvalue weighted by Crippen LogP contribution is 2.55. The number of aromatic nitrogens is 5. The van der Waals surface area contributed by atoms with Gasteiger partial charge in [0.1, 0.15) is 16.9 Å². The smallest absolute Gasteiger partial charge is 0.186 e. The molecular formula is C29H35N9O2S. The Morgan fingerprint density at radius 1 is 1.29 bits per heavy atom. The average molecular weight is 574 g/mol. The second-order valence-electron chi connectivity index (χ2n) is 11.7. The summed E-state index contributed by atoms with van der Waals surface area (Å²) in [4.78, 5) is 13.5. The van der Waals surface area contributed by atoms with Crippen LogP contribution in [0.25, 0.3) is 22.6 Å². The first-order valence-corrected chi connectivity index (χ1v) is 15.4. The zero-order valence-electron chi connectivity index (χ0n) is 23.5. The average Bonchev–Trinajstić information content (AvgIpc) is 3.76. The lowest BCUT2D eigenvalue weighted by Crippen LogP contribution is -2.35. The van der Waals surface area contributed by atoms with Crippen LogP contribution in [0.5, 0.6) is 0 Å². The van der Waals surface area contributed by atoms with Crippen LogP contribution in [0.1, 0.15) is 78.8 Å². The third kappa shape index (κ3) is 3.97. The standard InChI is InChI=1S/C29H35N9O2S/c1-16(20-7-5-12-37(20)2)38-28-19(15-33-38)26(32-11-13-39)34-27(35-28)23-17-6-3-9-29(24(17)40-36-23)10-4-8-21-22(29)18(14-30)25(31)41-21/h15-16,20,39H,3-13,31H2,1-2H3,(H,32,34,35). The molecule has 4 N–H and O–H groups in total. The number of nitrogens with two attached hydrogens (primary N) is 1. The summed E-state index contributed by atoms with van der Waals surface area (Å²) in [5, 5.41) is 33.6. The van der Waals surface area contributed by atoms with Crippen LogP contribution in [0.3, 0.4) is 0 Å². The lowest BCUT2D eigenvalue weighted by atomic mass is 9.63. The number of hydrogen-bond acceptors (Lipinski definition) is 11. The fourth-order valence-electron chi connectivity index (χ4n) is 7.56. The first-order chi connectivity index (χ1) is 20.0. The van der Waals surface area contributed by atoms with Gasteiger partial charge in [0, 0.05) is 23.0 Å². The second-order valence-corrected chi connectivity index (χ2v) is 12.8. The predicted octanol–water partition coefficient (Wildman–Crippen LogP) is 4.01. The summed E-state index contributed by atoms with van der Waals surface area (Å²) in [6, 6.07) is 2.88. The molecule has 3 aliphatic rings. The maximum absolute atomic E-state index is 10.0. The van der Waals surface area contributed by atoms with Crippen molar-refractivity contribution >= 4 is 33.2 Å². The van der Waals surface area contributed by atoms with Gasteiger partial charge in [-0.15, -0.1) is 11.3 Å². The molecule has 41 heavy (non-hydrogen) atoms. The molecule has 1 saturated heterocycles. The van der Waals surface area contributed by atoms with Gasteiger partial charge in [-0.2, -0.15) is 10.4 Å². The summed E-state index contributed by atoms with van der Waals surface area (Å²) < 4.78 is 8.23. The Hall–Kier alpha value is -3.53. The van der Waals surface area contributed by atoms with Crippen molar-refractivity contribution in [3.8, 4) is 17.6 Å². The number of likely N-dealkylation sites (tertiary alicyclic amines) is 1. The SMILES string of the molecule is CC(C1CCCN1C)n1ncc2c(NCCO)nc(-c3noc4c3CCCC43CCCc4sc(N)c(C#N)c43)nc21. The lowest BCUT2D eigenvalue weighted by molar-refractivity contribution is 0.232. The summed E-state index contributed by atoms with van der Waals surface area (Å²) in [6.07, 6.45) is 9.59. The van der Waals surface area contributed by atoms with Gasteiger partial charge in [0.05, 0.1) is 35.2 Å². The molecule has 12 heteroatoms. The Labute approximate surface area is 242 Å². The lowest BCUT2D eigenvalue weighted by Gasteiger charge is -2.39. The molecule has 4 aromatic rings. The van der Waals surface area contributed by atoms with Crippen LogP contribution in [0.4, 0.5) is 10.8 Å². The number of nitriles is 1. The number of aryl methyl sites for hydroxylation is 1. The van der Waals surface area contributed by atoms with Gasteiger partial charge in [-0.3, -0.25) is 0 Å². The van der Waals surface area contributed by atoms with Gasteiger partial charge in [0.15, 0.2) is 22.9 Å². The van der Waals surface area contributed by atoms with Crippen LogP contribution >= 0.6 is 11.3 Å². The Balaban J connectivity index is 1.37. The number of nitrogens with one attached hydrogen (secondary N) is 1. The second kappa shape index (κ2) is 10.1. The maximum atomic E-state index is 10.0. The van der Waals surface area contributed by atoms with Crippen molar-refractivity contribution in [1.82, 2.24) is 29.8 Å². The van der Waals surface area contributed by atoms with Crippen molar-refractivity contribution in [2.24, 2.45) is 0 Å². The van der Waals surface area contributed by atoms with E-state index in [9.17, 15) is 10.4 Å². The topological polar surface area (TPSA) is 155 Å². The number of likely N-dealkylation sites (N-methyl/N-ethyl adjacent to an activating group) is 1. The van der Waals surface area contributed by atoms with E-state index in [4.69, 9.17) is 25.3 Å². The van der Waals surface area contributed by atoms with Crippen LogP contribution in [0.15, 0.2) is 10.7 Å². The molecule has 0 aromatic carbocycles. The fraction of sp³-hybridized carbons (Fsp3) is 0.552. The van der Waals surface area contributed by atoms with E-state index in [0.29, 0.717) is 40.5 Å². The van der Waals surface area contributed by atoms with Crippen LogP contribution < -0.4 is 11.1 Å². The molecule has 1 spiro atoms. The largest absolute Gasteiger partial charge is 0.395 e. The number of nitrogens with zero attached hydrogens (tertiary/aromatic N) is 7. The van der Waals surface area contributed by atoms with E-state index in [1.165, 1.54) is 11.3 Å². The summed E-state index contributed by atoms with van der Waals surface area (Å²) >= 11 is 1.54. The molecule has 2 aliphatic carbocycles. The Bertz CT molecular complexity index is 1660. The summed E-state index contributed by atoms with van der Waals surface area (Å²) in [5.41, 5.74) is 9.95. The van der Waals surface area contributed by atoms with Crippen LogP contribution in [-0.4, -0.2) is 67.7 Å². The molecule has 3 unspecified atom stereocenters. The monoisotopic (exact) mass is 573 g/mol. The summed E-state index contributed by atoms with van der Waals surface area (Å²) in [7, 11) is 2.17. The van der Waals surface area contributed by atoms with E-state index >= 15 is 0 Å². The number of thiophene rings is 1.